The van der Waals surface area contributed by atoms with Gasteiger partial charge in [0.25, 0.3) is 5.91 Å². The minimum Gasteiger partial charge on any atom is -0.390 e. The number of carbonyl (C=O) groups is 1. The van der Waals surface area contributed by atoms with Crippen molar-refractivity contribution in [2.45, 2.75) is 45.4 Å². The Morgan fingerprint density at radius 2 is 1.74 bits per heavy atom. The predicted molar refractivity (Wildman–Crippen MR) is 146 cm³/mol. The number of hydrogen-bond donors (Lipinski definition) is 3. The van der Waals surface area contributed by atoms with Crippen LogP contribution in [0, 0.1) is 18.6 Å². The lowest BCUT2D eigenvalue weighted by Gasteiger charge is -2.25. The number of fused-ring (bicyclic) bond motifs is 1. The second kappa shape index (κ2) is 12.4. The van der Waals surface area contributed by atoms with Crippen molar-refractivity contribution in [3.05, 3.63) is 111 Å². The summed E-state index contributed by atoms with van der Waals surface area (Å²) >= 11 is 6.43. The van der Waals surface area contributed by atoms with E-state index in [1.807, 2.05) is 31.2 Å². The van der Waals surface area contributed by atoms with Crippen LogP contribution >= 0.6 is 11.6 Å². The van der Waals surface area contributed by atoms with Crippen molar-refractivity contribution in [2.75, 3.05) is 6.54 Å². The SMILES string of the molecule is CCc1cccc(CNC[C@@H](O)C(Cc2cc(F)cc(F)c2)NC(=O)c2cc(Cl)c3cc(C)ccc3n2)c1. The minimum atomic E-state index is -1.06. The summed E-state index contributed by atoms with van der Waals surface area (Å²) in [7, 11) is 0. The highest BCUT2D eigenvalue weighted by Gasteiger charge is 2.24. The number of halogens is 3. The standard InChI is InChI=1S/C30H30ClF2N3O2/c1-3-19-5-4-6-20(10-19)16-34-17-29(37)27(13-21-11-22(32)14-23(33)12-21)36-30(38)28-15-25(31)24-9-18(2)7-8-26(24)35-28/h4-12,14-15,27,29,34,37H,3,13,16-17H2,1-2H3,(H,36,38)/t27?,29-/m1/s1. The van der Waals surface area contributed by atoms with Crippen LogP contribution in [-0.2, 0) is 19.4 Å². The molecule has 0 bridgehead atoms. The molecule has 0 aliphatic rings. The van der Waals surface area contributed by atoms with E-state index < -0.39 is 29.7 Å². The number of amides is 1. The van der Waals surface area contributed by atoms with Crippen molar-refractivity contribution in [3.8, 4) is 0 Å². The van der Waals surface area contributed by atoms with Crippen molar-refractivity contribution < 1.29 is 18.7 Å². The number of nitrogens with zero attached hydrogens (tertiary/aromatic N) is 1. The lowest BCUT2D eigenvalue weighted by Crippen LogP contribution is -2.48. The Kier molecular flexibility index (Phi) is 9.05. The summed E-state index contributed by atoms with van der Waals surface area (Å²) in [6.45, 7) is 4.68. The average Bonchev–Trinajstić information content (AvgIpc) is 2.88. The highest BCUT2D eigenvalue weighted by atomic mass is 35.5. The van der Waals surface area contributed by atoms with Gasteiger partial charge in [0.15, 0.2) is 0 Å². The van der Waals surface area contributed by atoms with Crippen LogP contribution in [0.4, 0.5) is 8.78 Å². The highest BCUT2D eigenvalue weighted by molar-refractivity contribution is 6.35. The number of nitrogens with one attached hydrogen (secondary N) is 2. The van der Waals surface area contributed by atoms with Crippen LogP contribution in [0.15, 0.2) is 66.7 Å². The Bertz CT molecular complexity index is 1430. The Morgan fingerprint density at radius 1 is 1.00 bits per heavy atom. The first-order valence-electron chi connectivity index (χ1n) is 12.5. The summed E-state index contributed by atoms with van der Waals surface area (Å²) < 4.78 is 27.7. The second-order valence-electron chi connectivity index (χ2n) is 9.44. The van der Waals surface area contributed by atoms with Crippen LogP contribution in [0.5, 0.6) is 0 Å². The molecule has 8 heteroatoms. The molecule has 4 rings (SSSR count). The molecule has 198 valence electrons. The first kappa shape index (κ1) is 27.6. The predicted octanol–water partition coefficient (Wildman–Crippen LogP) is 5.53. The lowest BCUT2D eigenvalue weighted by molar-refractivity contribution is 0.0825. The van der Waals surface area contributed by atoms with Crippen LogP contribution in [0.1, 0.15) is 39.7 Å². The fraction of sp³-hybridized carbons (Fsp3) is 0.267. The molecule has 3 N–H and O–H groups in total. The topological polar surface area (TPSA) is 74.2 Å². The summed E-state index contributed by atoms with van der Waals surface area (Å²) in [4.78, 5) is 17.6. The molecule has 0 radical (unpaired) electrons. The van der Waals surface area contributed by atoms with Gasteiger partial charge in [-0.15, -0.1) is 0 Å². The monoisotopic (exact) mass is 537 g/mol. The fourth-order valence-corrected chi connectivity index (χ4v) is 4.64. The number of hydrogen-bond acceptors (Lipinski definition) is 4. The fourth-order valence-electron chi connectivity index (χ4n) is 4.39. The molecule has 1 unspecified atom stereocenters. The molecule has 4 aromatic rings. The highest BCUT2D eigenvalue weighted by Crippen LogP contribution is 2.24. The molecule has 2 atom stereocenters. The number of pyridine rings is 1. The number of aliphatic hydroxyl groups excluding tert-OH is 1. The third kappa shape index (κ3) is 7.13. The zero-order valence-corrected chi connectivity index (χ0v) is 22.0. The molecule has 38 heavy (non-hydrogen) atoms. The van der Waals surface area contributed by atoms with Crippen LogP contribution in [0.3, 0.4) is 0 Å². The van der Waals surface area contributed by atoms with Gasteiger partial charge in [-0.1, -0.05) is 54.4 Å². The van der Waals surface area contributed by atoms with Gasteiger partial charge in [-0.3, -0.25) is 4.79 Å². The Hall–Kier alpha value is -3.39. The average molecular weight is 538 g/mol. The van der Waals surface area contributed by atoms with E-state index in [-0.39, 0.29) is 18.7 Å². The van der Waals surface area contributed by atoms with E-state index in [9.17, 15) is 18.7 Å². The maximum Gasteiger partial charge on any atom is 0.270 e. The van der Waals surface area contributed by atoms with Gasteiger partial charge in [0.1, 0.15) is 17.3 Å². The first-order chi connectivity index (χ1) is 18.2. The van der Waals surface area contributed by atoms with Gasteiger partial charge in [0, 0.05) is 24.5 Å². The van der Waals surface area contributed by atoms with E-state index in [1.54, 1.807) is 6.07 Å². The largest absolute Gasteiger partial charge is 0.390 e. The van der Waals surface area contributed by atoms with Crippen LogP contribution in [0.25, 0.3) is 10.9 Å². The van der Waals surface area contributed by atoms with Gasteiger partial charge in [0.2, 0.25) is 0 Å². The Morgan fingerprint density at radius 3 is 2.47 bits per heavy atom. The number of rotatable bonds is 10. The van der Waals surface area contributed by atoms with Gasteiger partial charge in [-0.25, -0.2) is 13.8 Å². The van der Waals surface area contributed by atoms with Crippen molar-refractivity contribution in [2.24, 2.45) is 0 Å². The molecule has 1 aromatic heterocycles. The van der Waals surface area contributed by atoms with Crippen LogP contribution in [0.2, 0.25) is 5.02 Å². The number of aliphatic hydroxyl groups is 1. The van der Waals surface area contributed by atoms with Gasteiger partial charge in [0.05, 0.1) is 22.7 Å². The van der Waals surface area contributed by atoms with Gasteiger partial charge in [-0.2, -0.15) is 0 Å². The van der Waals surface area contributed by atoms with Crippen LogP contribution < -0.4 is 10.6 Å². The zero-order valence-electron chi connectivity index (χ0n) is 21.3. The molecule has 0 aliphatic carbocycles. The zero-order chi connectivity index (χ0) is 27.2. The second-order valence-corrected chi connectivity index (χ2v) is 9.85. The summed E-state index contributed by atoms with van der Waals surface area (Å²) in [5, 5.41) is 18.1. The quantitative estimate of drug-likeness (QED) is 0.249. The van der Waals surface area contributed by atoms with Crippen molar-refractivity contribution in [1.29, 1.82) is 0 Å². The van der Waals surface area contributed by atoms with Gasteiger partial charge in [-0.05, 0) is 66.8 Å². The summed E-state index contributed by atoms with van der Waals surface area (Å²) in [6.07, 6.45) is -0.130. The first-order valence-corrected chi connectivity index (χ1v) is 12.9. The number of aromatic nitrogens is 1. The molecule has 0 saturated heterocycles. The number of carbonyl (C=O) groups excluding carboxylic acids is 1. The van der Waals surface area contributed by atoms with Crippen molar-refractivity contribution in [1.82, 2.24) is 15.6 Å². The van der Waals surface area contributed by atoms with Gasteiger partial charge < -0.3 is 15.7 Å². The molecule has 1 heterocycles. The third-order valence-electron chi connectivity index (χ3n) is 6.39. The van der Waals surface area contributed by atoms with E-state index in [1.165, 1.54) is 23.8 Å². The molecule has 0 aliphatic heterocycles. The molecule has 3 aromatic carbocycles. The Labute approximate surface area is 225 Å². The van der Waals surface area contributed by atoms with Crippen molar-refractivity contribution >= 4 is 28.4 Å². The molecule has 0 saturated carbocycles. The van der Waals surface area contributed by atoms with E-state index in [4.69, 9.17) is 11.6 Å². The summed E-state index contributed by atoms with van der Waals surface area (Å²) in [5.41, 5.74) is 4.24. The number of aryl methyl sites for hydroxylation is 2. The Balaban J connectivity index is 1.52. The molecule has 0 fully saturated rings. The van der Waals surface area contributed by atoms with E-state index in [0.29, 0.717) is 22.6 Å². The molecular formula is C30H30ClF2N3O2. The maximum absolute atomic E-state index is 13.9. The van der Waals surface area contributed by atoms with Gasteiger partial charge >= 0.3 is 0 Å². The molecular weight excluding hydrogens is 508 g/mol. The summed E-state index contributed by atoms with van der Waals surface area (Å²) in [6, 6.07) is 17.4. The smallest absolute Gasteiger partial charge is 0.270 e. The van der Waals surface area contributed by atoms with E-state index >= 15 is 0 Å². The normalized spacial score (nSPS) is 12.9. The summed E-state index contributed by atoms with van der Waals surface area (Å²) in [5.74, 6) is -2.01. The molecule has 1 amide bonds. The lowest BCUT2D eigenvalue weighted by atomic mass is 10.00. The van der Waals surface area contributed by atoms with Crippen LogP contribution in [-0.4, -0.2) is 34.7 Å². The van der Waals surface area contributed by atoms with E-state index in [0.717, 1.165) is 29.0 Å². The maximum atomic E-state index is 13.9. The third-order valence-corrected chi connectivity index (χ3v) is 6.70. The minimum absolute atomic E-state index is 0.00902. The number of benzene rings is 3. The molecule has 0 spiro atoms. The van der Waals surface area contributed by atoms with E-state index in [2.05, 4.69) is 34.7 Å². The van der Waals surface area contributed by atoms with Crippen molar-refractivity contribution in [3.63, 3.8) is 0 Å². The molecule has 5 nitrogen and oxygen atoms in total.